The van der Waals surface area contributed by atoms with Crippen LogP contribution in [0.25, 0.3) is 0 Å². The molecule has 0 aliphatic carbocycles. The highest BCUT2D eigenvalue weighted by Gasteiger charge is 2.74. The van der Waals surface area contributed by atoms with E-state index in [9.17, 15) is 31.1 Å². The van der Waals surface area contributed by atoms with Crippen LogP contribution in [0.5, 0.6) is 0 Å². The standard InChI is InChI=1S/C9H12F6N2O2/c1-6(18)16-7(8(10,11)12,9(13,14)15)17-2-4-19-5-3-17/h2-5H2,1H3,(H,16,18). The molecule has 10 heteroatoms. The van der Waals surface area contributed by atoms with Crippen LogP contribution in [0, 0.1) is 0 Å². The van der Waals surface area contributed by atoms with Crippen LogP contribution >= 0.6 is 0 Å². The molecule has 19 heavy (non-hydrogen) atoms. The molecule has 1 saturated heterocycles. The third kappa shape index (κ3) is 2.94. The van der Waals surface area contributed by atoms with Crippen LogP contribution in [0.2, 0.25) is 0 Å². The first-order chi connectivity index (χ1) is 8.52. The van der Waals surface area contributed by atoms with Crippen molar-refractivity contribution < 1.29 is 35.9 Å². The molecule has 0 aromatic carbocycles. The second-order valence-corrected chi connectivity index (χ2v) is 3.99. The molecule has 1 fully saturated rings. The van der Waals surface area contributed by atoms with E-state index in [0.29, 0.717) is 6.92 Å². The van der Waals surface area contributed by atoms with Crippen LogP contribution in [-0.2, 0) is 9.53 Å². The molecular weight excluding hydrogens is 282 g/mol. The first kappa shape index (κ1) is 16.0. The van der Waals surface area contributed by atoms with Gasteiger partial charge in [0.1, 0.15) is 0 Å². The van der Waals surface area contributed by atoms with Crippen LogP contribution in [0.15, 0.2) is 0 Å². The van der Waals surface area contributed by atoms with E-state index >= 15 is 0 Å². The molecule has 1 heterocycles. The van der Waals surface area contributed by atoms with Gasteiger partial charge >= 0.3 is 12.4 Å². The summed E-state index contributed by atoms with van der Waals surface area (Å²) in [6, 6.07) is 0. The van der Waals surface area contributed by atoms with Gasteiger partial charge in [-0.2, -0.15) is 26.3 Å². The van der Waals surface area contributed by atoms with Crippen molar-refractivity contribution in [2.75, 3.05) is 26.3 Å². The number of morpholine rings is 1. The normalized spacial score (nSPS) is 19.3. The lowest BCUT2D eigenvalue weighted by Gasteiger charge is -2.46. The van der Waals surface area contributed by atoms with Gasteiger partial charge in [0.15, 0.2) is 0 Å². The van der Waals surface area contributed by atoms with Gasteiger partial charge in [-0.3, -0.25) is 9.69 Å². The van der Waals surface area contributed by atoms with Gasteiger partial charge in [0.2, 0.25) is 5.91 Å². The van der Waals surface area contributed by atoms with E-state index in [0.717, 1.165) is 5.32 Å². The van der Waals surface area contributed by atoms with Gasteiger partial charge in [0.05, 0.1) is 13.2 Å². The molecule has 0 aromatic heterocycles. The van der Waals surface area contributed by atoms with Crippen molar-refractivity contribution in [2.24, 2.45) is 0 Å². The summed E-state index contributed by atoms with van der Waals surface area (Å²) in [6.45, 7) is -1.10. The Morgan fingerprint density at radius 2 is 1.47 bits per heavy atom. The number of amides is 1. The zero-order valence-corrected chi connectivity index (χ0v) is 9.86. The number of rotatable bonds is 2. The molecule has 1 amide bonds. The Hall–Kier alpha value is -1.03. The van der Waals surface area contributed by atoms with Gasteiger partial charge in [-0.15, -0.1) is 0 Å². The molecule has 0 bridgehead atoms. The highest BCUT2D eigenvalue weighted by molar-refractivity contribution is 5.74. The predicted octanol–water partition coefficient (Wildman–Crippen LogP) is 1.28. The molecule has 1 rings (SSSR count). The lowest BCUT2D eigenvalue weighted by molar-refractivity contribution is -0.353. The van der Waals surface area contributed by atoms with Gasteiger partial charge < -0.3 is 10.1 Å². The van der Waals surface area contributed by atoms with E-state index in [1.54, 1.807) is 0 Å². The van der Waals surface area contributed by atoms with Crippen LogP contribution in [-0.4, -0.2) is 55.1 Å². The molecule has 0 atom stereocenters. The summed E-state index contributed by atoms with van der Waals surface area (Å²) in [7, 11) is 0. The summed E-state index contributed by atoms with van der Waals surface area (Å²) >= 11 is 0. The molecule has 1 aliphatic rings. The van der Waals surface area contributed by atoms with E-state index in [1.807, 2.05) is 0 Å². The highest BCUT2D eigenvalue weighted by Crippen LogP contribution is 2.45. The Morgan fingerprint density at radius 1 is 1.05 bits per heavy atom. The quantitative estimate of drug-likeness (QED) is 0.780. The molecule has 1 aliphatic heterocycles. The monoisotopic (exact) mass is 294 g/mol. The molecule has 0 unspecified atom stereocenters. The summed E-state index contributed by atoms with van der Waals surface area (Å²) < 4.78 is 82.7. The van der Waals surface area contributed by atoms with Crippen LogP contribution < -0.4 is 5.32 Å². The number of hydrogen-bond acceptors (Lipinski definition) is 3. The summed E-state index contributed by atoms with van der Waals surface area (Å²) in [5.41, 5.74) is -4.38. The number of alkyl halides is 6. The Labute approximate surface area is 104 Å². The molecule has 1 N–H and O–H groups in total. The molecular formula is C9H12F6N2O2. The minimum absolute atomic E-state index is 0.137. The van der Waals surface area contributed by atoms with Crippen LogP contribution in [0.3, 0.4) is 0 Å². The minimum Gasteiger partial charge on any atom is -0.379 e. The number of nitrogens with one attached hydrogen (secondary N) is 1. The second-order valence-electron chi connectivity index (χ2n) is 3.99. The molecule has 112 valence electrons. The molecule has 0 spiro atoms. The van der Waals surface area contributed by atoms with Crippen molar-refractivity contribution in [1.29, 1.82) is 0 Å². The lowest BCUT2D eigenvalue weighted by Crippen LogP contribution is -2.77. The fraction of sp³-hybridized carbons (Fsp3) is 0.889. The Bertz CT molecular complexity index is 321. The van der Waals surface area contributed by atoms with Crippen LogP contribution in [0.4, 0.5) is 26.3 Å². The largest absolute Gasteiger partial charge is 0.434 e. The Morgan fingerprint density at radius 3 is 1.79 bits per heavy atom. The Balaban J connectivity index is 3.29. The van der Waals surface area contributed by atoms with E-state index in [4.69, 9.17) is 4.74 Å². The maximum atomic E-state index is 13.0. The minimum atomic E-state index is -5.70. The van der Waals surface area contributed by atoms with Crippen molar-refractivity contribution in [3.05, 3.63) is 0 Å². The first-order valence-electron chi connectivity index (χ1n) is 5.27. The topological polar surface area (TPSA) is 41.6 Å². The van der Waals surface area contributed by atoms with E-state index in [-0.39, 0.29) is 18.1 Å². The number of nitrogens with zero attached hydrogens (tertiary/aromatic N) is 1. The van der Waals surface area contributed by atoms with E-state index in [1.165, 1.54) is 0 Å². The lowest BCUT2D eigenvalue weighted by atomic mass is 10.1. The summed E-state index contributed by atoms with van der Waals surface area (Å²) in [5.74, 6) is -1.42. The summed E-state index contributed by atoms with van der Waals surface area (Å²) in [6.07, 6.45) is -11.4. The zero-order valence-electron chi connectivity index (χ0n) is 9.86. The number of carbonyl (C=O) groups is 1. The smallest absolute Gasteiger partial charge is 0.379 e. The van der Waals surface area contributed by atoms with E-state index < -0.39 is 37.0 Å². The third-order valence-corrected chi connectivity index (χ3v) is 2.66. The highest BCUT2D eigenvalue weighted by atomic mass is 19.4. The molecule has 0 aromatic rings. The first-order valence-corrected chi connectivity index (χ1v) is 5.27. The fourth-order valence-electron chi connectivity index (χ4n) is 1.89. The maximum Gasteiger partial charge on any atom is 0.434 e. The van der Waals surface area contributed by atoms with Gasteiger partial charge in [0.25, 0.3) is 5.66 Å². The number of ether oxygens (including phenoxy) is 1. The van der Waals surface area contributed by atoms with Crippen LogP contribution in [0.1, 0.15) is 6.92 Å². The maximum absolute atomic E-state index is 13.0. The van der Waals surface area contributed by atoms with Crippen molar-refractivity contribution in [3.63, 3.8) is 0 Å². The second kappa shape index (κ2) is 5.16. The SMILES string of the molecule is CC(=O)NC(N1CCOCC1)(C(F)(F)F)C(F)(F)F. The predicted molar refractivity (Wildman–Crippen MR) is 51.0 cm³/mol. The van der Waals surface area contributed by atoms with Crippen molar-refractivity contribution in [3.8, 4) is 0 Å². The zero-order chi connectivity index (χ0) is 14.9. The summed E-state index contributed by atoms with van der Waals surface area (Å²) in [4.78, 5) is 11.0. The van der Waals surface area contributed by atoms with Gasteiger partial charge in [-0.05, 0) is 0 Å². The van der Waals surface area contributed by atoms with Crippen molar-refractivity contribution in [2.45, 2.75) is 24.9 Å². The third-order valence-electron chi connectivity index (χ3n) is 2.66. The average Bonchev–Trinajstić information content (AvgIpc) is 2.23. The van der Waals surface area contributed by atoms with Gasteiger partial charge in [-0.25, -0.2) is 0 Å². The van der Waals surface area contributed by atoms with Crippen molar-refractivity contribution in [1.82, 2.24) is 10.2 Å². The van der Waals surface area contributed by atoms with Crippen molar-refractivity contribution >= 4 is 5.91 Å². The van der Waals surface area contributed by atoms with E-state index in [2.05, 4.69) is 0 Å². The average molecular weight is 294 g/mol. The molecule has 0 saturated carbocycles. The summed E-state index contributed by atoms with van der Waals surface area (Å²) in [5, 5.41) is 1.02. The molecule has 0 radical (unpaired) electrons. The number of halogens is 6. The number of hydrogen-bond donors (Lipinski definition) is 1. The Kier molecular flexibility index (Phi) is 4.35. The van der Waals surface area contributed by atoms with Gasteiger partial charge in [-0.1, -0.05) is 0 Å². The fourth-order valence-corrected chi connectivity index (χ4v) is 1.89. The van der Waals surface area contributed by atoms with Gasteiger partial charge in [0, 0.05) is 20.0 Å². The molecule has 4 nitrogen and oxygen atoms in total. The number of carbonyl (C=O) groups excluding carboxylic acids is 1.